The number of halogens is 2. The average molecular weight is 928 g/mol. The van der Waals surface area contributed by atoms with Crippen LogP contribution in [0.5, 0.6) is 11.5 Å². The van der Waals surface area contributed by atoms with Crippen molar-refractivity contribution >= 4 is 79.6 Å². The third-order valence-electron chi connectivity index (χ3n) is 7.37. The van der Waals surface area contributed by atoms with Gasteiger partial charge in [0.2, 0.25) is 24.8 Å². The molecule has 1 aromatic carbocycles. The Labute approximate surface area is 336 Å². The van der Waals surface area contributed by atoms with Crippen LogP contribution in [0.4, 0.5) is 0 Å². The molecule has 20 nitrogen and oxygen atoms in total. The van der Waals surface area contributed by atoms with Gasteiger partial charge in [-0.05, 0) is 44.0 Å². The van der Waals surface area contributed by atoms with Crippen LogP contribution in [0.1, 0.15) is 55.4 Å². The van der Waals surface area contributed by atoms with Crippen LogP contribution in [0.25, 0.3) is 0 Å². The Balaban J connectivity index is 2.05. The molecule has 0 aliphatic carbocycles. The van der Waals surface area contributed by atoms with E-state index < -0.39 is 122 Å². The van der Waals surface area contributed by atoms with Crippen LogP contribution < -0.4 is 9.47 Å². The lowest BCUT2D eigenvalue weighted by Gasteiger charge is -2.44. The first kappa shape index (κ1) is 45.8. The van der Waals surface area contributed by atoms with Gasteiger partial charge in [0.1, 0.15) is 36.9 Å². The van der Waals surface area contributed by atoms with E-state index in [1.807, 2.05) is 0 Å². The van der Waals surface area contributed by atoms with Gasteiger partial charge in [0.15, 0.2) is 24.4 Å². The molecule has 3 rings (SSSR count). The number of carbonyl (C=O) groups is 8. The minimum Gasteiger partial charge on any atom is -0.463 e. The minimum atomic E-state index is -1.59. The Morgan fingerprint density at radius 1 is 0.446 bits per heavy atom. The van der Waals surface area contributed by atoms with Crippen molar-refractivity contribution in [3.05, 3.63) is 21.1 Å². The molecule has 0 unspecified atom stereocenters. The van der Waals surface area contributed by atoms with Gasteiger partial charge < -0.3 is 56.8 Å². The summed E-state index contributed by atoms with van der Waals surface area (Å²) in [6.45, 7) is 7.70. The third kappa shape index (κ3) is 13.3. The van der Waals surface area contributed by atoms with Crippen molar-refractivity contribution in [2.24, 2.45) is 0 Å². The van der Waals surface area contributed by atoms with Crippen molar-refractivity contribution in [3.8, 4) is 11.5 Å². The predicted octanol–water partition coefficient (Wildman–Crippen LogP) is 2.14. The molecule has 0 saturated carbocycles. The van der Waals surface area contributed by atoms with Crippen molar-refractivity contribution in [3.63, 3.8) is 0 Å². The summed E-state index contributed by atoms with van der Waals surface area (Å²) in [5, 5.41) is 0. The fourth-order valence-electron chi connectivity index (χ4n) is 5.51. The number of ether oxygens (including phenoxy) is 12. The number of hydrogen-bond donors (Lipinski definition) is 0. The molecular weight excluding hydrogens is 888 g/mol. The molecule has 2 saturated heterocycles. The molecule has 2 aliphatic heterocycles. The Morgan fingerprint density at radius 3 is 0.982 bits per heavy atom. The quantitative estimate of drug-likeness (QED) is 0.192. The van der Waals surface area contributed by atoms with Crippen molar-refractivity contribution in [2.45, 2.75) is 117 Å². The Hall–Kier alpha value is -4.54. The van der Waals surface area contributed by atoms with Crippen LogP contribution in [0, 0.1) is 0 Å². The van der Waals surface area contributed by atoms with E-state index in [1.54, 1.807) is 0 Å². The maximum absolute atomic E-state index is 12.3. The van der Waals surface area contributed by atoms with Crippen molar-refractivity contribution < 1.29 is 95.2 Å². The zero-order chi connectivity index (χ0) is 42.0. The van der Waals surface area contributed by atoms with E-state index in [2.05, 4.69) is 31.9 Å². The van der Waals surface area contributed by atoms with Crippen molar-refractivity contribution in [1.29, 1.82) is 0 Å². The summed E-state index contributed by atoms with van der Waals surface area (Å²) >= 11 is 6.75. The van der Waals surface area contributed by atoms with Gasteiger partial charge >= 0.3 is 47.8 Å². The van der Waals surface area contributed by atoms with Gasteiger partial charge in [-0.25, -0.2) is 0 Å². The fraction of sp³-hybridized carbons (Fsp3) is 0.588. The molecule has 0 N–H and O–H groups in total. The standard InChI is InChI=1S/C34H40Br2O20/c1-13(37)45-11-25-27(47-15(3)39)29(49-17(5)41)31(51-19(7)43)33(55-25)53-23-9-22(36)24(10-21(23)35)54-34-32(52-20(8)44)30(50-18(6)42)28(48-16(4)40)26(56-34)12-46-14(2)38/h9-10,25-34H,11-12H2,1-8H3/t25-,26-,27-,28-,29+,30+,31-,32-,33-,34-/m1/s1. The van der Waals surface area contributed by atoms with Crippen LogP contribution in [-0.2, 0) is 85.7 Å². The molecule has 2 fully saturated rings. The van der Waals surface area contributed by atoms with Crippen LogP contribution in [0.3, 0.4) is 0 Å². The number of benzene rings is 1. The Morgan fingerprint density at radius 2 is 0.714 bits per heavy atom. The molecular formula is C34H40Br2O20. The third-order valence-corrected chi connectivity index (χ3v) is 8.61. The SMILES string of the molecule is CC(=O)OC[C@H]1O[C@@H](Oc2cc(Br)c(O[C@@H]3O[C@H](COC(C)=O)[C@@H](OC(C)=O)[C@H](OC(C)=O)[C@H]3OC(C)=O)cc2Br)[C@H](OC(C)=O)[C@@H](OC(C)=O)[C@@H]1OC(C)=O. The largest absolute Gasteiger partial charge is 0.463 e. The first-order chi connectivity index (χ1) is 26.2. The van der Waals surface area contributed by atoms with Gasteiger partial charge in [-0.3, -0.25) is 38.4 Å². The lowest BCUT2D eigenvalue weighted by atomic mass is 9.98. The zero-order valence-corrected chi connectivity index (χ0v) is 34.4. The molecule has 310 valence electrons. The van der Waals surface area contributed by atoms with Crippen molar-refractivity contribution in [1.82, 2.24) is 0 Å². The second-order valence-corrected chi connectivity index (χ2v) is 13.8. The highest BCUT2D eigenvalue weighted by atomic mass is 79.9. The zero-order valence-electron chi connectivity index (χ0n) is 31.3. The first-order valence-electron chi connectivity index (χ1n) is 16.6. The number of carbonyl (C=O) groups excluding carboxylic acids is 8. The Bertz CT molecular complexity index is 1550. The molecule has 0 amide bonds. The normalized spacial score (nSPS) is 27.0. The van der Waals surface area contributed by atoms with E-state index >= 15 is 0 Å². The highest BCUT2D eigenvalue weighted by Crippen LogP contribution is 2.41. The van der Waals surface area contributed by atoms with Crippen LogP contribution in [-0.4, -0.2) is 122 Å². The predicted molar refractivity (Wildman–Crippen MR) is 187 cm³/mol. The van der Waals surface area contributed by atoms with Gasteiger partial charge in [0.05, 0.1) is 8.95 Å². The highest BCUT2D eigenvalue weighted by Gasteiger charge is 2.55. The second kappa shape index (κ2) is 20.6. The molecule has 22 heteroatoms. The summed E-state index contributed by atoms with van der Waals surface area (Å²) in [6.07, 6.45) is -14.7. The van der Waals surface area contributed by atoms with Gasteiger partial charge in [0, 0.05) is 55.4 Å². The second-order valence-electron chi connectivity index (χ2n) is 12.1. The Kier molecular flexibility index (Phi) is 16.8. The number of esters is 8. The molecule has 10 atom stereocenters. The summed E-state index contributed by atoms with van der Waals surface area (Å²) in [4.78, 5) is 96.5. The van der Waals surface area contributed by atoms with E-state index in [4.69, 9.17) is 56.8 Å². The van der Waals surface area contributed by atoms with E-state index in [0.29, 0.717) is 0 Å². The summed E-state index contributed by atoms with van der Waals surface area (Å²) in [5.41, 5.74) is 0. The molecule has 0 spiro atoms. The molecule has 0 bridgehead atoms. The van der Waals surface area contributed by atoms with Gasteiger partial charge in [-0.1, -0.05) is 0 Å². The number of rotatable bonds is 14. The maximum atomic E-state index is 12.3. The summed E-state index contributed by atoms with van der Waals surface area (Å²) in [5.74, 6) is -6.45. The smallest absolute Gasteiger partial charge is 0.303 e. The molecule has 2 heterocycles. The minimum absolute atomic E-state index is 0.00771. The van der Waals surface area contributed by atoms with E-state index in [9.17, 15) is 38.4 Å². The first-order valence-corrected chi connectivity index (χ1v) is 18.2. The van der Waals surface area contributed by atoms with E-state index in [1.165, 1.54) is 12.1 Å². The van der Waals surface area contributed by atoms with Crippen LogP contribution >= 0.6 is 31.9 Å². The number of hydrogen-bond acceptors (Lipinski definition) is 20. The van der Waals surface area contributed by atoms with E-state index in [-0.39, 0.29) is 20.4 Å². The fourth-order valence-corrected chi connectivity index (χ4v) is 6.34. The lowest BCUT2D eigenvalue weighted by Crippen LogP contribution is -2.63. The summed E-state index contributed by atoms with van der Waals surface area (Å²) < 4.78 is 67.3. The lowest BCUT2D eigenvalue weighted by molar-refractivity contribution is -0.289. The average Bonchev–Trinajstić information content (AvgIpc) is 3.05. The topological polar surface area (TPSA) is 247 Å². The van der Waals surface area contributed by atoms with E-state index in [0.717, 1.165) is 55.4 Å². The molecule has 1 aromatic rings. The van der Waals surface area contributed by atoms with Crippen LogP contribution in [0.2, 0.25) is 0 Å². The van der Waals surface area contributed by atoms with Gasteiger partial charge in [-0.15, -0.1) is 0 Å². The summed E-state index contributed by atoms with van der Waals surface area (Å²) in [6, 6.07) is 2.72. The summed E-state index contributed by atoms with van der Waals surface area (Å²) in [7, 11) is 0. The molecule has 0 aromatic heterocycles. The molecule has 2 aliphatic rings. The van der Waals surface area contributed by atoms with Crippen LogP contribution in [0.15, 0.2) is 21.1 Å². The molecule has 56 heavy (non-hydrogen) atoms. The monoisotopic (exact) mass is 926 g/mol. The molecule has 0 radical (unpaired) electrons. The highest BCUT2D eigenvalue weighted by molar-refractivity contribution is 9.11. The maximum Gasteiger partial charge on any atom is 0.303 e. The van der Waals surface area contributed by atoms with Gasteiger partial charge in [0.25, 0.3) is 0 Å². The van der Waals surface area contributed by atoms with Gasteiger partial charge in [-0.2, -0.15) is 0 Å². The van der Waals surface area contributed by atoms with Crippen molar-refractivity contribution in [2.75, 3.05) is 13.2 Å².